The van der Waals surface area contributed by atoms with Gasteiger partial charge >= 0.3 is 0 Å². The van der Waals surface area contributed by atoms with Crippen LogP contribution < -0.4 is 0 Å². The molecule has 0 saturated carbocycles. The maximum absolute atomic E-state index is 13.6. The first kappa shape index (κ1) is 16.4. The third-order valence-corrected chi connectivity index (χ3v) is 5.67. The average molecular weight is 316 g/mol. The van der Waals surface area contributed by atoms with Crippen molar-refractivity contribution >= 4 is 10.0 Å². The lowest BCUT2D eigenvalue weighted by Crippen LogP contribution is -2.49. The molecule has 1 aliphatic rings. The molecule has 1 aromatic rings. The van der Waals surface area contributed by atoms with Crippen molar-refractivity contribution in [3.8, 4) is 0 Å². The van der Waals surface area contributed by atoms with E-state index in [-0.39, 0.29) is 11.3 Å². The van der Waals surface area contributed by atoms with Crippen molar-refractivity contribution in [2.75, 3.05) is 38.5 Å². The van der Waals surface area contributed by atoms with Crippen LogP contribution in [0, 0.1) is 5.82 Å². The quantitative estimate of drug-likeness (QED) is 0.874. The van der Waals surface area contributed by atoms with Crippen LogP contribution in [-0.4, -0.2) is 61.2 Å². The van der Waals surface area contributed by atoms with E-state index in [2.05, 4.69) is 0 Å². The second-order valence-corrected chi connectivity index (χ2v) is 7.40. The Labute approximate surface area is 125 Å². The highest BCUT2D eigenvalue weighted by Gasteiger charge is 2.26. The summed E-state index contributed by atoms with van der Waals surface area (Å²) in [5.74, 6) is -0.317. The van der Waals surface area contributed by atoms with Crippen LogP contribution in [0.5, 0.6) is 0 Å². The molecule has 1 fully saturated rings. The van der Waals surface area contributed by atoms with E-state index in [1.54, 1.807) is 25.1 Å². The normalized spacial score (nSPS) is 19.6. The summed E-state index contributed by atoms with van der Waals surface area (Å²) in [6.45, 7) is 3.86. The van der Waals surface area contributed by atoms with E-state index in [1.807, 2.05) is 4.90 Å². The third-order valence-electron chi connectivity index (χ3n) is 3.78. The fraction of sp³-hybridized carbons (Fsp3) is 0.571. The first-order chi connectivity index (χ1) is 9.94. The van der Waals surface area contributed by atoms with Gasteiger partial charge in [0.05, 0.1) is 11.9 Å². The van der Waals surface area contributed by atoms with Crippen molar-refractivity contribution in [3.05, 3.63) is 35.6 Å². The molecule has 1 aliphatic heterocycles. The molecule has 1 heterocycles. The van der Waals surface area contributed by atoms with Crippen LogP contribution in [-0.2, 0) is 10.0 Å². The van der Waals surface area contributed by atoms with Crippen molar-refractivity contribution in [1.82, 2.24) is 9.21 Å². The molecule has 2 rings (SSSR count). The van der Waals surface area contributed by atoms with Gasteiger partial charge in [-0.1, -0.05) is 18.2 Å². The Kier molecular flexibility index (Phi) is 5.32. The number of rotatable bonds is 5. The van der Waals surface area contributed by atoms with E-state index < -0.39 is 21.9 Å². The minimum atomic E-state index is -3.15. The maximum Gasteiger partial charge on any atom is 0.213 e. The molecule has 0 aliphatic carbocycles. The monoisotopic (exact) mass is 316 g/mol. The zero-order valence-electron chi connectivity index (χ0n) is 12.1. The Morgan fingerprint density at radius 3 is 2.43 bits per heavy atom. The Balaban J connectivity index is 1.91. The van der Waals surface area contributed by atoms with Crippen molar-refractivity contribution in [2.24, 2.45) is 0 Å². The average Bonchev–Trinajstić information content (AvgIpc) is 2.48. The zero-order valence-corrected chi connectivity index (χ0v) is 12.9. The van der Waals surface area contributed by atoms with Crippen LogP contribution in [0.15, 0.2) is 24.3 Å². The lowest BCUT2D eigenvalue weighted by atomic mass is 10.1. The number of β-amino-alcohol motifs (C(OH)–C–C–N with tert-alkyl or cyclic N) is 1. The van der Waals surface area contributed by atoms with Crippen LogP contribution in [0.1, 0.15) is 18.6 Å². The molecular weight excluding hydrogens is 295 g/mol. The Morgan fingerprint density at radius 1 is 1.24 bits per heavy atom. The highest BCUT2D eigenvalue weighted by atomic mass is 32.2. The lowest BCUT2D eigenvalue weighted by Gasteiger charge is -2.34. The van der Waals surface area contributed by atoms with Crippen molar-refractivity contribution < 1.29 is 17.9 Å². The Bertz CT molecular complexity index is 571. The molecule has 7 heteroatoms. The number of hydrogen-bond acceptors (Lipinski definition) is 4. The highest BCUT2D eigenvalue weighted by Crippen LogP contribution is 2.19. The predicted molar refractivity (Wildman–Crippen MR) is 78.8 cm³/mol. The summed E-state index contributed by atoms with van der Waals surface area (Å²) in [4.78, 5) is 1.96. The summed E-state index contributed by atoms with van der Waals surface area (Å²) in [5.41, 5.74) is 0.279. The molecule has 118 valence electrons. The molecule has 5 nitrogen and oxygen atoms in total. The smallest absolute Gasteiger partial charge is 0.213 e. The Morgan fingerprint density at radius 2 is 1.86 bits per heavy atom. The predicted octanol–water partition coefficient (Wildman–Crippen LogP) is 0.826. The van der Waals surface area contributed by atoms with Gasteiger partial charge in [0, 0.05) is 38.3 Å². The van der Waals surface area contributed by atoms with Gasteiger partial charge in [0.1, 0.15) is 5.82 Å². The minimum Gasteiger partial charge on any atom is -0.387 e. The number of aliphatic hydroxyl groups excluding tert-OH is 1. The van der Waals surface area contributed by atoms with Gasteiger partial charge < -0.3 is 5.11 Å². The van der Waals surface area contributed by atoms with E-state index in [9.17, 15) is 17.9 Å². The van der Waals surface area contributed by atoms with E-state index in [4.69, 9.17) is 0 Å². The molecule has 0 aromatic heterocycles. The molecule has 21 heavy (non-hydrogen) atoms. The summed E-state index contributed by atoms with van der Waals surface area (Å²) >= 11 is 0. The standard InChI is InChI=1S/C14H21FN2O3S/c1-2-21(19,20)17-9-7-16(8-10-17)11-14(18)12-5-3-4-6-13(12)15/h3-6,14,18H,2,7-11H2,1H3. The Hall–Kier alpha value is -1.02. The largest absolute Gasteiger partial charge is 0.387 e. The first-order valence-electron chi connectivity index (χ1n) is 7.06. The number of aliphatic hydroxyl groups is 1. The molecule has 1 saturated heterocycles. The number of nitrogens with zero attached hydrogens (tertiary/aromatic N) is 2. The van der Waals surface area contributed by atoms with Gasteiger partial charge in [-0.25, -0.2) is 12.8 Å². The minimum absolute atomic E-state index is 0.102. The van der Waals surface area contributed by atoms with Gasteiger partial charge in [0.15, 0.2) is 0 Å². The lowest BCUT2D eigenvalue weighted by molar-refractivity contribution is 0.0898. The van der Waals surface area contributed by atoms with Crippen LogP contribution in [0.3, 0.4) is 0 Å². The second-order valence-electron chi connectivity index (χ2n) is 5.14. The molecule has 1 N–H and O–H groups in total. The van der Waals surface area contributed by atoms with Crippen molar-refractivity contribution in [3.63, 3.8) is 0 Å². The maximum atomic E-state index is 13.6. The molecule has 0 bridgehead atoms. The molecular formula is C14H21FN2O3S. The molecule has 0 spiro atoms. The zero-order chi connectivity index (χ0) is 15.5. The number of sulfonamides is 1. The van der Waals surface area contributed by atoms with Crippen LogP contribution in [0.25, 0.3) is 0 Å². The summed E-state index contributed by atoms with van der Waals surface area (Å²) in [6.07, 6.45) is -0.902. The molecule has 0 amide bonds. The van der Waals surface area contributed by atoms with E-state index >= 15 is 0 Å². The van der Waals surface area contributed by atoms with Crippen LogP contribution in [0.2, 0.25) is 0 Å². The highest BCUT2D eigenvalue weighted by molar-refractivity contribution is 7.89. The first-order valence-corrected chi connectivity index (χ1v) is 8.67. The SMILES string of the molecule is CCS(=O)(=O)N1CCN(CC(O)c2ccccc2F)CC1. The fourth-order valence-corrected chi connectivity index (χ4v) is 3.55. The van der Waals surface area contributed by atoms with Crippen LogP contribution >= 0.6 is 0 Å². The van der Waals surface area contributed by atoms with Gasteiger partial charge in [-0.2, -0.15) is 4.31 Å². The fourth-order valence-electron chi connectivity index (χ4n) is 2.46. The van der Waals surface area contributed by atoms with Crippen molar-refractivity contribution in [2.45, 2.75) is 13.0 Å². The van der Waals surface area contributed by atoms with Gasteiger partial charge in [0.2, 0.25) is 10.0 Å². The molecule has 1 atom stereocenters. The summed E-state index contributed by atoms with van der Waals surface area (Å²) in [7, 11) is -3.15. The van der Waals surface area contributed by atoms with Gasteiger partial charge in [-0.15, -0.1) is 0 Å². The molecule has 1 aromatic carbocycles. The third kappa shape index (κ3) is 4.00. The molecule has 0 radical (unpaired) electrons. The number of hydrogen-bond donors (Lipinski definition) is 1. The van der Waals surface area contributed by atoms with Crippen LogP contribution in [0.4, 0.5) is 4.39 Å². The van der Waals surface area contributed by atoms with Gasteiger partial charge in [-0.05, 0) is 13.0 Å². The summed E-state index contributed by atoms with van der Waals surface area (Å²) < 4.78 is 38.6. The van der Waals surface area contributed by atoms with Gasteiger partial charge in [-0.3, -0.25) is 4.90 Å². The van der Waals surface area contributed by atoms with Gasteiger partial charge in [0.25, 0.3) is 0 Å². The van der Waals surface area contributed by atoms with E-state index in [0.29, 0.717) is 32.7 Å². The number of benzene rings is 1. The van der Waals surface area contributed by atoms with E-state index in [1.165, 1.54) is 10.4 Å². The number of piperazine rings is 1. The summed E-state index contributed by atoms with van der Waals surface area (Å²) in [5, 5.41) is 10.1. The van der Waals surface area contributed by atoms with E-state index in [0.717, 1.165) is 0 Å². The second kappa shape index (κ2) is 6.83. The topological polar surface area (TPSA) is 60.9 Å². The summed E-state index contributed by atoms with van der Waals surface area (Å²) in [6, 6.07) is 6.16. The molecule has 1 unspecified atom stereocenters. The number of halogens is 1. The van der Waals surface area contributed by atoms with Crippen molar-refractivity contribution in [1.29, 1.82) is 0 Å².